The Bertz CT molecular complexity index is 676. The Labute approximate surface area is 115 Å². The van der Waals surface area contributed by atoms with E-state index in [2.05, 4.69) is 43.9 Å². The lowest BCUT2D eigenvalue weighted by Crippen LogP contribution is -2.06. The highest BCUT2D eigenvalue weighted by Gasteiger charge is 2.10. The van der Waals surface area contributed by atoms with Crippen LogP contribution >= 0.6 is 0 Å². The molecule has 7 heteroatoms. The maximum Gasteiger partial charge on any atom is 0.228 e. The van der Waals surface area contributed by atoms with Gasteiger partial charge in [0.15, 0.2) is 5.69 Å². The lowest BCUT2D eigenvalue weighted by atomic mass is 10.2. The van der Waals surface area contributed by atoms with Gasteiger partial charge in [0.25, 0.3) is 0 Å². The van der Waals surface area contributed by atoms with E-state index in [1.807, 2.05) is 18.2 Å². The molecular formula is C13H14N6O. The largest absolute Gasteiger partial charge is 0.384 e. The number of anilines is 1. The first-order valence-corrected chi connectivity index (χ1v) is 6.31. The standard InChI is InChI=1S/C13H14N6O/c1-9-4-2-3-5-10(9)14-7-6-12-16-13(18-20-12)11-8-15-19-17-11/h2-5,8,14H,6-7H2,1H3,(H,15,17,19). The molecule has 0 spiro atoms. The monoisotopic (exact) mass is 270 g/mol. The van der Waals surface area contributed by atoms with Crippen molar-refractivity contribution < 1.29 is 4.52 Å². The van der Waals surface area contributed by atoms with Crippen molar-refractivity contribution in [1.82, 2.24) is 25.6 Å². The molecule has 7 nitrogen and oxygen atoms in total. The molecule has 0 saturated carbocycles. The van der Waals surface area contributed by atoms with E-state index in [1.54, 1.807) is 6.20 Å². The van der Waals surface area contributed by atoms with Gasteiger partial charge in [-0.2, -0.15) is 20.4 Å². The van der Waals surface area contributed by atoms with Crippen LogP contribution in [0, 0.1) is 6.92 Å². The number of H-pyrrole nitrogens is 1. The normalized spacial score (nSPS) is 10.7. The second kappa shape index (κ2) is 5.52. The minimum absolute atomic E-state index is 0.449. The van der Waals surface area contributed by atoms with Crippen molar-refractivity contribution in [2.75, 3.05) is 11.9 Å². The summed E-state index contributed by atoms with van der Waals surface area (Å²) in [6, 6.07) is 8.13. The Kier molecular flexibility index (Phi) is 3.40. The molecule has 0 unspecified atom stereocenters. The summed E-state index contributed by atoms with van der Waals surface area (Å²) >= 11 is 0. The SMILES string of the molecule is Cc1ccccc1NCCc1nc(-c2cn[nH]n2)no1. The summed E-state index contributed by atoms with van der Waals surface area (Å²) in [5.74, 6) is 1.02. The van der Waals surface area contributed by atoms with E-state index in [4.69, 9.17) is 4.52 Å². The molecule has 102 valence electrons. The first-order chi connectivity index (χ1) is 9.83. The highest BCUT2D eigenvalue weighted by atomic mass is 16.5. The summed E-state index contributed by atoms with van der Waals surface area (Å²) in [6.07, 6.45) is 2.21. The molecule has 2 heterocycles. The van der Waals surface area contributed by atoms with E-state index in [0.717, 1.165) is 12.2 Å². The maximum atomic E-state index is 5.17. The van der Waals surface area contributed by atoms with Crippen molar-refractivity contribution in [3.63, 3.8) is 0 Å². The third-order valence-electron chi connectivity index (χ3n) is 2.91. The number of aromatic amines is 1. The number of nitrogens with zero attached hydrogens (tertiary/aromatic N) is 4. The fourth-order valence-electron chi connectivity index (χ4n) is 1.85. The molecule has 0 bridgehead atoms. The van der Waals surface area contributed by atoms with Crippen LogP contribution in [0.1, 0.15) is 11.5 Å². The molecule has 0 aliphatic heterocycles. The summed E-state index contributed by atoms with van der Waals surface area (Å²) in [6.45, 7) is 2.79. The van der Waals surface area contributed by atoms with Gasteiger partial charge in [0, 0.05) is 18.7 Å². The van der Waals surface area contributed by atoms with Crippen LogP contribution in [0.2, 0.25) is 0 Å². The van der Waals surface area contributed by atoms with Crippen molar-refractivity contribution >= 4 is 5.69 Å². The molecule has 1 aromatic carbocycles. The predicted octanol–water partition coefficient (Wildman–Crippen LogP) is 1.82. The zero-order chi connectivity index (χ0) is 13.8. The molecule has 0 aliphatic carbocycles. The summed E-state index contributed by atoms with van der Waals surface area (Å²) in [7, 11) is 0. The zero-order valence-corrected chi connectivity index (χ0v) is 11.0. The Morgan fingerprint density at radius 3 is 3.00 bits per heavy atom. The molecule has 0 aliphatic rings. The first-order valence-electron chi connectivity index (χ1n) is 6.31. The zero-order valence-electron chi connectivity index (χ0n) is 11.0. The Morgan fingerprint density at radius 2 is 2.20 bits per heavy atom. The molecule has 20 heavy (non-hydrogen) atoms. The van der Waals surface area contributed by atoms with Gasteiger partial charge in [0.05, 0.1) is 6.20 Å². The van der Waals surface area contributed by atoms with Crippen molar-refractivity contribution in [2.24, 2.45) is 0 Å². The Morgan fingerprint density at radius 1 is 1.30 bits per heavy atom. The van der Waals surface area contributed by atoms with Crippen molar-refractivity contribution in [1.29, 1.82) is 0 Å². The van der Waals surface area contributed by atoms with Gasteiger partial charge in [-0.25, -0.2) is 0 Å². The van der Waals surface area contributed by atoms with E-state index in [1.165, 1.54) is 5.56 Å². The van der Waals surface area contributed by atoms with Crippen LogP contribution in [-0.2, 0) is 6.42 Å². The summed E-state index contributed by atoms with van der Waals surface area (Å²) in [5, 5.41) is 17.3. The van der Waals surface area contributed by atoms with E-state index in [-0.39, 0.29) is 0 Å². The van der Waals surface area contributed by atoms with Crippen LogP contribution in [0.5, 0.6) is 0 Å². The van der Waals surface area contributed by atoms with E-state index < -0.39 is 0 Å². The summed E-state index contributed by atoms with van der Waals surface area (Å²) in [4.78, 5) is 4.27. The van der Waals surface area contributed by atoms with Gasteiger partial charge >= 0.3 is 0 Å². The summed E-state index contributed by atoms with van der Waals surface area (Å²) in [5.41, 5.74) is 2.90. The number of aryl methyl sites for hydroxylation is 1. The summed E-state index contributed by atoms with van der Waals surface area (Å²) < 4.78 is 5.17. The Balaban J connectivity index is 1.58. The number of para-hydroxylation sites is 1. The van der Waals surface area contributed by atoms with Crippen LogP contribution in [-0.4, -0.2) is 32.1 Å². The van der Waals surface area contributed by atoms with Gasteiger partial charge in [0.1, 0.15) is 0 Å². The first kappa shape index (κ1) is 12.3. The number of benzene rings is 1. The smallest absolute Gasteiger partial charge is 0.228 e. The molecule has 0 amide bonds. The predicted molar refractivity (Wildman–Crippen MR) is 73.0 cm³/mol. The second-order valence-electron chi connectivity index (χ2n) is 4.36. The van der Waals surface area contributed by atoms with E-state index >= 15 is 0 Å². The number of aromatic nitrogens is 5. The van der Waals surface area contributed by atoms with Crippen molar-refractivity contribution in [3.05, 3.63) is 41.9 Å². The van der Waals surface area contributed by atoms with Crippen molar-refractivity contribution in [3.8, 4) is 11.5 Å². The lowest BCUT2D eigenvalue weighted by molar-refractivity contribution is 0.381. The quantitative estimate of drug-likeness (QED) is 0.734. The van der Waals surface area contributed by atoms with Gasteiger partial charge in [-0.15, -0.1) is 0 Å². The molecular weight excluding hydrogens is 256 g/mol. The van der Waals surface area contributed by atoms with Crippen LogP contribution in [0.25, 0.3) is 11.5 Å². The third-order valence-corrected chi connectivity index (χ3v) is 2.91. The van der Waals surface area contributed by atoms with Gasteiger partial charge in [-0.05, 0) is 18.6 Å². The van der Waals surface area contributed by atoms with Gasteiger partial charge in [-0.3, -0.25) is 0 Å². The second-order valence-corrected chi connectivity index (χ2v) is 4.36. The van der Waals surface area contributed by atoms with Crippen molar-refractivity contribution in [2.45, 2.75) is 13.3 Å². The van der Waals surface area contributed by atoms with E-state index in [0.29, 0.717) is 23.8 Å². The highest BCUT2D eigenvalue weighted by molar-refractivity contribution is 5.50. The number of rotatable bonds is 5. The lowest BCUT2D eigenvalue weighted by Gasteiger charge is -2.07. The van der Waals surface area contributed by atoms with Gasteiger partial charge in [0.2, 0.25) is 11.7 Å². The number of hydrogen-bond acceptors (Lipinski definition) is 6. The van der Waals surface area contributed by atoms with Gasteiger partial charge < -0.3 is 9.84 Å². The molecule has 3 aromatic rings. The average molecular weight is 270 g/mol. The van der Waals surface area contributed by atoms with Crippen LogP contribution < -0.4 is 5.32 Å². The minimum atomic E-state index is 0.449. The minimum Gasteiger partial charge on any atom is -0.384 e. The van der Waals surface area contributed by atoms with E-state index in [9.17, 15) is 0 Å². The molecule has 0 radical (unpaired) electrons. The number of hydrogen-bond donors (Lipinski definition) is 2. The average Bonchev–Trinajstić information content (AvgIpc) is 3.11. The molecule has 0 atom stereocenters. The molecule has 0 fully saturated rings. The van der Waals surface area contributed by atoms with Gasteiger partial charge in [-0.1, -0.05) is 23.4 Å². The Hall–Kier alpha value is -2.70. The fourth-order valence-corrected chi connectivity index (χ4v) is 1.85. The molecule has 2 aromatic heterocycles. The molecule has 2 N–H and O–H groups in total. The maximum absolute atomic E-state index is 5.17. The molecule has 3 rings (SSSR count). The van der Waals surface area contributed by atoms with Crippen LogP contribution in [0.4, 0.5) is 5.69 Å². The number of nitrogens with one attached hydrogen (secondary N) is 2. The third kappa shape index (κ3) is 2.66. The van der Waals surface area contributed by atoms with Crippen LogP contribution in [0.3, 0.4) is 0 Å². The molecule has 0 saturated heterocycles. The fraction of sp³-hybridized carbons (Fsp3) is 0.231. The highest BCUT2D eigenvalue weighted by Crippen LogP contribution is 2.14. The van der Waals surface area contributed by atoms with Crippen LogP contribution in [0.15, 0.2) is 35.0 Å². The topological polar surface area (TPSA) is 92.5 Å².